The number of benzene rings is 2. The van der Waals surface area contributed by atoms with E-state index in [4.69, 9.17) is 0 Å². The number of rotatable bonds is 6. The van der Waals surface area contributed by atoms with E-state index in [0.29, 0.717) is 21.7 Å². The molecule has 3 aromatic rings. The summed E-state index contributed by atoms with van der Waals surface area (Å²) in [6.45, 7) is 2.43. The summed E-state index contributed by atoms with van der Waals surface area (Å²) in [7, 11) is -3.19. The Balaban J connectivity index is 1.27. The van der Waals surface area contributed by atoms with Gasteiger partial charge in [0.25, 0.3) is 5.91 Å². The van der Waals surface area contributed by atoms with Crippen molar-refractivity contribution in [2.75, 3.05) is 19.3 Å². The minimum atomic E-state index is -3.19. The third-order valence-corrected chi connectivity index (χ3v) is 6.96. The number of carbonyl (C=O) groups excluding carboxylic acids is 1. The Labute approximate surface area is 193 Å². The molecule has 6 nitrogen and oxygen atoms in total. The van der Waals surface area contributed by atoms with Gasteiger partial charge in [0.2, 0.25) is 0 Å². The van der Waals surface area contributed by atoms with E-state index >= 15 is 0 Å². The molecule has 4 rings (SSSR count). The number of pyridine rings is 1. The number of likely N-dealkylation sites (tertiary alicyclic amines) is 1. The van der Waals surface area contributed by atoms with Crippen LogP contribution in [0.15, 0.2) is 71.8 Å². The van der Waals surface area contributed by atoms with Gasteiger partial charge in [0.15, 0.2) is 9.84 Å². The normalized spacial score (nSPS) is 15.3. The number of nitrogens with zero attached hydrogens (tertiary/aromatic N) is 2. The zero-order valence-electron chi connectivity index (χ0n) is 18.4. The van der Waals surface area contributed by atoms with Gasteiger partial charge in [-0.05, 0) is 54.8 Å². The fourth-order valence-electron chi connectivity index (χ4n) is 3.95. The van der Waals surface area contributed by atoms with Crippen molar-refractivity contribution < 1.29 is 17.6 Å². The van der Waals surface area contributed by atoms with Crippen molar-refractivity contribution in [1.82, 2.24) is 15.2 Å². The first kappa shape index (κ1) is 23.1. The van der Waals surface area contributed by atoms with Crippen LogP contribution in [0.2, 0.25) is 0 Å². The predicted octanol–water partition coefficient (Wildman–Crippen LogP) is 3.69. The van der Waals surface area contributed by atoms with Gasteiger partial charge >= 0.3 is 0 Å². The number of carbonyl (C=O) groups is 1. The molecule has 0 unspecified atom stereocenters. The van der Waals surface area contributed by atoms with Crippen LogP contribution in [-0.4, -0.2) is 49.6 Å². The van der Waals surface area contributed by atoms with Crippen LogP contribution < -0.4 is 5.32 Å². The maximum Gasteiger partial charge on any atom is 0.253 e. The number of nitrogens with one attached hydrogen (secondary N) is 1. The average Bonchev–Trinajstić information content (AvgIpc) is 2.80. The molecule has 0 spiro atoms. The maximum absolute atomic E-state index is 13.4. The van der Waals surface area contributed by atoms with Crippen LogP contribution in [0.25, 0.3) is 11.3 Å². The molecule has 33 heavy (non-hydrogen) atoms. The quantitative estimate of drug-likeness (QED) is 0.598. The highest BCUT2D eigenvalue weighted by molar-refractivity contribution is 7.90. The average molecular weight is 468 g/mol. The van der Waals surface area contributed by atoms with Crippen molar-refractivity contribution in [3.8, 4) is 11.3 Å². The van der Waals surface area contributed by atoms with Gasteiger partial charge in [-0.15, -0.1) is 0 Å². The number of hydrogen-bond acceptors (Lipinski definition) is 5. The Morgan fingerprint density at radius 3 is 2.42 bits per heavy atom. The van der Waals surface area contributed by atoms with Crippen LogP contribution in [0, 0.1) is 5.82 Å². The lowest BCUT2D eigenvalue weighted by atomic mass is 10.0. The largest absolute Gasteiger partial charge is 0.349 e. The third-order valence-electron chi connectivity index (χ3n) is 5.83. The Morgan fingerprint density at radius 1 is 1.09 bits per heavy atom. The molecule has 1 fully saturated rings. The fraction of sp³-hybridized carbons (Fsp3) is 0.280. The van der Waals surface area contributed by atoms with E-state index in [1.807, 2.05) is 12.1 Å². The second-order valence-corrected chi connectivity index (χ2v) is 10.4. The maximum atomic E-state index is 13.4. The molecule has 0 saturated carbocycles. The van der Waals surface area contributed by atoms with Gasteiger partial charge < -0.3 is 5.32 Å². The molecule has 1 N–H and O–H groups in total. The van der Waals surface area contributed by atoms with Gasteiger partial charge in [-0.25, -0.2) is 12.8 Å². The molecular formula is C25H26FN3O3S. The van der Waals surface area contributed by atoms with Crippen molar-refractivity contribution in [3.63, 3.8) is 0 Å². The van der Waals surface area contributed by atoms with Crippen LogP contribution in [0.5, 0.6) is 0 Å². The number of hydrogen-bond donors (Lipinski definition) is 1. The second-order valence-electron chi connectivity index (χ2n) is 8.38. The summed E-state index contributed by atoms with van der Waals surface area (Å²) in [6.07, 6.45) is 4.39. The summed E-state index contributed by atoms with van der Waals surface area (Å²) in [6, 6.07) is 16.7. The Morgan fingerprint density at radius 2 is 1.82 bits per heavy atom. The smallest absolute Gasteiger partial charge is 0.253 e. The summed E-state index contributed by atoms with van der Waals surface area (Å²) < 4.78 is 36.6. The van der Waals surface area contributed by atoms with Crippen molar-refractivity contribution in [1.29, 1.82) is 0 Å². The minimum Gasteiger partial charge on any atom is -0.349 e. The molecule has 1 aliphatic heterocycles. The van der Waals surface area contributed by atoms with Gasteiger partial charge in [0.1, 0.15) is 5.82 Å². The van der Waals surface area contributed by atoms with E-state index in [9.17, 15) is 17.6 Å². The van der Waals surface area contributed by atoms with Crippen LogP contribution in [0.1, 0.15) is 28.8 Å². The Hall–Kier alpha value is -3.10. The molecule has 2 heterocycles. The first-order valence-electron chi connectivity index (χ1n) is 10.8. The van der Waals surface area contributed by atoms with Crippen molar-refractivity contribution in [2.45, 2.75) is 30.3 Å². The molecule has 8 heteroatoms. The first-order valence-corrected chi connectivity index (χ1v) is 12.7. The SMILES string of the molecule is CS(=O)(=O)c1ccc(CN2CCC(NC(=O)c3ccc(-c4cccc(F)c4)nc3)CC2)cc1. The number of aromatic nitrogens is 1. The lowest BCUT2D eigenvalue weighted by molar-refractivity contribution is 0.0908. The topological polar surface area (TPSA) is 79.4 Å². The van der Waals surface area contributed by atoms with E-state index in [2.05, 4.69) is 15.2 Å². The van der Waals surface area contributed by atoms with Crippen LogP contribution in [0.3, 0.4) is 0 Å². The standard InChI is InChI=1S/C25H26FN3O3S/c1-33(31,32)23-8-5-18(6-9-23)17-29-13-11-22(12-14-29)28-25(30)20-7-10-24(27-16-20)19-3-2-4-21(26)15-19/h2-10,15-16,22H,11-14,17H2,1H3,(H,28,30). The zero-order chi connectivity index (χ0) is 23.4. The summed E-state index contributed by atoms with van der Waals surface area (Å²) in [4.78, 5) is 19.6. The van der Waals surface area contributed by atoms with Crippen LogP contribution in [0.4, 0.5) is 4.39 Å². The van der Waals surface area contributed by atoms with Crippen LogP contribution >= 0.6 is 0 Å². The van der Waals surface area contributed by atoms with E-state index < -0.39 is 9.84 Å². The summed E-state index contributed by atoms with van der Waals surface area (Å²) in [5, 5.41) is 3.08. The van der Waals surface area contributed by atoms with Crippen LogP contribution in [-0.2, 0) is 16.4 Å². The number of halogens is 1. The highest BCUT2D eigenvalue weighted by Gasteiger charge is 2.21. The van der Waals surface area contributed by atoms with Crippen molar-refractivity contribution in [2.24, 2.45) is 0 Å². The zero-order valence-corrected chi connectivity index (χ0v) is 19.2. The van der Waals surface area contributed by atoms with Crippen molar-refractivity contribution in [3.05, 3.63) is 83.8 Å². The van der Waals surface area contributed by atoms with E-state index in [-0.39, 0.29) is 17.8 Å². The number of piperidine rings is 1. The minimum absolute atomic E-state index is 0.0873. The molecule has 2 aromatic carbocycles. The second kappa shape index (κ2) is 9.80. The summed E-state index contributed by atoms with van der Waals surface area (Å²) in [5.41, 5.74) is 2.82. The van der Waals surface area contributed by atoms with Crippen molar-refractivity contribution >= 4 is 15.7 Å². The molecule has 0 aliphatic carbocycles. The molecule has 1 saturated heterocycles. The molecule has 1 aliphatic rings. The fourth-order valence-corrected chi connectivity index (χ4v) is 4.58. The highest BCUT2D eigenvalue weighted by atomic mass is 32.2. The van der Waals surface area contributed by atoms with E-state index in [1.165, 1.54) is 24.6 Å². The third kappa shape index (κ3) is 6.03. The molecule has 0 bridgehead atoms. The lowest BCUT2D eigenvalue weighted by Crippen LogP contribution is -2.44. The lowest BCUT2D eigenvalue weighted by Gasteiger charge is -2.32. The summed E-state index contributed by atoms with van der Waals surface area (Å²) in [5.74, 6) is -0.489. The van der Waals surface area contributed by atoms with Gasteiger partial charge in [0, 0.05) is 43.7 Å². The van der Waals surface area contributed by atoms with Gasteiger partial charge in [0.05, 0.1) is 16.2 Å². The molecule has 0 atom stereocenters. The van der Waals surface area contributed by atoms with Gasteiger partial charge in [-0.2, -0.15) is 0 Å². The highest BCUT2D eigenvalue weighted by Crippen LogP contribution is 2.19. The molecule has 1 aromatic heterocycles. The van der Waals surface area contributed by atoms with E-state index in [1.54, 1.807) is 36.4 Å². The number of sulfone groups is 1. The van der Waals surface area contributed by atoms with Gasteiger partial charge in [-0.1, -0.05) is 24.3 Å². The van der Waals surface area contributed by atoms with E-state index in [0.717, 1.165) is 38.0 Å². The molecule has 172 valence electrons. The molecule has 0 radical (unpaired) electrons. The van der Waals surface area contributed by atoms with Gasteiger partial charge in [-0.3, -0.25) is 14.7 Å². The Bertz CT molecular complexity index is 1220. The predicted molar refractivity (Wildman–Crippen MR) is 125 cm³/mol. The molecular weight excluding hydrogens is 441 g/mol. The Kier molecular flexibility index (Phi) is 6.85. The first-order chi connectivity index (χ1) is 15.8. The summed E-state index contributed by atoms with van der Waals surface area (Å²) >= 11 is 0. The molecule has 1 amide bonds. The monoisotopic (exact) mass is 467 g/mol. The number of amides is 1.